The van der Waals surface area contributed by atoms with Crippen molar-refractivity contribution in [2.45, 2.75) is 35.2 Å². The van der Waals surface area contributed by atoms with Gasteiger partial charge in [0.1, 0.15) is 10.8 Å². The van der Waals surface area contributed by atoms with E-state index in [9.17, 15) is 0 Å². The molecule has 2 aliphatic rings. The number of nitrogens with two attached hydrogens (primary N) is 2. The van der Waals surface area contributed by atoms with E-state index in [2.05, 4.69) is 14.9 Å². The highest BCUT2D eigenvalue weighted by atomic mass is 35.5. The third-order valence-electron chi connectivity index (χ3n) is 5.32. The Labute approximate surface area is 187 Å². The Balaban J connectivity index is 0.00000131. The van der Waals surface area contributed by atoms with E-state index >= 15 is 0 Å². The molecule has 1 saturated heterocycles. The van der Waals surface area contributed by atoms with Crippen LogP contribution in [0.1, 0.15) is 19.3 Å². The summed E-state index contributed by atoms with van der Waals surface area (Å²) >= 11 is 13.7. The summed E-state index contributed by atoms with van der Waals surface area (Å²) in [4.78, 5) is 12.1. The minimum atomic E-state index is 0. The van der Waals surface area contributed by atoms with E-state index in [0.29, 0.717) is 26.9 Å². The van der Waals surface area contributed by atoms with E-state index in [4.69, 9.17) is 34.7 Å². The number of benzene rings is 1. The highest BCUT2D eigenvalue weighted by Gasteiger charge is 2.49. The van der Waals surface area contributed by atoms with Gasteiger partial charge >= 0.3 is 0 Å². The average molecular weight is 465 g/mol. The zero-order chi connectivity index (χ0) is 17.6. The van der Waals surface area contributed by atoms with Crippen molar-refractivity contribution < 1.29 is 0 Å². The summed E-state index contributed by atoms with van der Waals surface area (Å²) in [5.41, 5.74) is 12.6. The van der Waals surface area contributed by atoms with E-state index < -0.39 is 0 Å². The quantitative estimate of drug-likeness (QED) is 0.713. The van der Waals surface area contributed by atoms with Crippen LogP contribution in [0, 0.1) is 5.41 Å². The first-order chi connectivity index (χ1) is 12.0. The lowest BCUT2D eigenvalue weighted by Gasteiger charge is -2.44. The number of anilines is 2. The molecule has 5 nitrogen and oxygen atoms in total. The highest BCUT2D eigenvalue weighted by Crippen LogP contribution is 2.48. The van der Waals surface area contributed by atoms with Crippen LogP contribution in [0.3, 0.4) is 0 Å². The molecule has 1 aliphatic heterocycles. The third-order valence-corrected chi connectivity index (χ3v) is 7.32. The molecule has 1 aromatic heterocycles. The maximum absolute atomic E-state index is 6.24. The van der Waals surface area contributed by atoms with Crippen LogP contribution in [-0.4, -0.2) is 29.1 Å². The summed E-state index contributed by atoms with van der Waals surface area (Å²) in [6, 6.07) is 5.79. The Morgan fingerprint density at radius 3 is 2.59 bits per heavy atom. The SMILES string of the molecule is Nc1nc(N2CC[C@@]3(CC[C@@H]3N)C2)cnc1Sc1cccc(Cl)c1Cl.S.S. The molecule has 1 aromatic carbocycles. The Morgan fingerprint density at radius 1 is 1.22 bits per heavy atom. The van der Waals surface area contributed by atoms with E-state index in [-0.39, 0.29) is 32.4 Å². The molecule has 2 aromatic rings. The topological polar surface area (TPSA) is 81.1 Å². The molecule has 0 radical (unpaired) electrons. The lowest BCUT2D eigenvalue weighted by Crippen LogP contribution is -2.52. The molecule has 4 N–H and O–H groups in total. The van der Waals surface area contributed by atoms with Gasteiger partial charge < -0.3 is 16.4 Å². The molecule has 0 bridgehead atoms. The van der Waals surface area contributed by atoms with Crippen molar-refractivity contribution in [1.29, 1.82) is 0 Å². The Hall–Kier alpha value is -0.510. The minimum absolute atomic E-state index is 0. The maximum Gasteiger partial charge on any atom is 0.158 e. The molecule has 1 saturated carbocycles. The van der Waals surface area contributed by atoms with Gasteiger partial charge in [-0.05, 0) is 31.4 Å². The van der Waals surface area contributed by atoms with E-state index in [1.54, 1.807) is 12.3 Å². The second kappa shape index (κ2) is 8.88. The van der Waals surface area contributed by atoms with Crippen molar-refractivity contribution in [3.05, 3.63) is 34.4 Å². The Morgan fingerprint density at radius 2 is 2.00 bits per heavy atom. The summed E-state index contributed by atoms with van der Waals surface area (Å²) in [5.74, 6) is 1.22. The fourth-order valence-corrected chi connectivity index (χ4v) is 4.88. The van der Waals surface area contributed by atoms with Gasteiger partial charge in [-0.15, -0.1) is 0 Å². The first-order valence-corrected chi connectivity index (χ1v) is 9.81. The van der Waals surface area contributed by atoms with Crippen LogP contribution in [0.25, 0.3) is 0 Å². The second-order valence-electron chi connectivity index (χ2n) is 6.75. The molecule has 10 heteroatoms. The van der Waals surface area contributed by atoms with E-state index in [1.807, 2.05) is 12.1 Å². The van der Waals surface area contributed by atoms with Crippen molar-refractivity contribution in [2.24, 2.45) is 11.1 Å². The van der Waals surface area contributed by atoms with Crippen molar-refractivity contribution >= 4 is 73.6 Å². The first kappa shape index (κ1) is 22.8. The summed E-state index contributed by atoms with van der Waals surface area (Å²) < 4.78 is 0. The van der Waals surface area contributed by atoms with Gasteiger partial charge in [-0.2, -0.15) is 27.0 Å². The number of hydrogen-bond acceptors (Lipinski definition) is 6. The van der Waals surface area contributed by atoms with Crippen molar-refractivity contribution in [2.75, 3.05) is 23.7 Å². The maximum atomic E-state index is 6.24. The smallest absolute Gasteiger partial charge is 0.158 e. The van der Waals surface area contributed by atoms with Crippen LogP contribution in [-0.2, 0) is 0 Å². The molecule has 148 valence electrons. The second-order valence-corrected chi connectivity index (χ2v) is 8.57. The summed E-state index contributed by atoms with van der Waals surface area (Å²) in [6.07, 6.45) is 5.22. The number of nitrogens with zero attached hydrogens (tertiary/aromatic N) is 3. The van der Waals surface area contributed by atoms with Gasteiger partial charge in [-0.3, -0.25) is 0 Å². The molecule has 4 rings (SSSR count). The Kier molecular flexibility index (Phi) is 7.49. The third kappa shape index (κ3) is 4.26. The molecule has 2 fully saturated rings. The van der Waals surface area contributed by atoms with Crippen LogP contribution in [0.2, 0.25) is 10.0 Å². The van der Waals surface area contributed by atoms with Crippen LogP contribution in [0.5, 0.6) is 0 Å². The van der Waals surface area contributed by atoms with Gasteiger partial charge in [0.15, 0.2) is 5.82 Å². The van der Waals surface area contributed by atoms with E-state index in [1.165, 1.54) is 18.2 Å². The van der Waals surface area contributed by atoms with E-state index in [0.717, 1.165) is 36.6 Å². The predicted octanol–water partition coefficient (Wildman–Crippen LogP) is 4.06. The lowest BCUT2D eigenvalue weighted by atomic mass is 9.64. The van der Waals surface area contributed by atoms with Crippen molar-refractivity contribution in [3.63, 3.8) is 0 Å². The fourth-order valence-electron chi connectivity index (χ4n) is 3.60. The number of halogens is 2. The summed E-state index contributed by atoms with van der Waals surface area (Å²) in [7, 11) is 0. The number of hydrogen-bond donors (Lipinski definition) is 2. The highest BCUT2D eigenvalue weighted by molar-refractivity contribution is 7.99. The van der Waals surface area contributed by atoms with Gasteiger partial charge in [0.05, 0.1) is 16.2 Å². The molecule has 27 heavy (non-hydrogen) atoms. The molecular weight excluding hydrogens is 441 g/mol. The van der Waals surface area contributed by atoms with Crippen LogP contribution in [0.15, 0.2) is 34.3 Å². The number of aromatic nitrogens is 2. The number of rotatable bonds is 3. The normalized spacial score (nSPS) is 23.5. The molecule has 2 atom stereocenters. The Bertz CT molecular complexity index is 825. The van der Waals surface area contributed by atoms with Gasteiger partial charge in [-0.25, -0.2) is 9.97 Å². The van der Waals surface area contributed by atoms with Gasteiger partial charge in [-0.1, -0.05) is 41.0 Å². The molecule has 1 aliphatic carbocycles. The van der Waals surface area contributed by atoms with Crippen molar-refractivity contribution in [3.8, 4) is 0 Å². The fraction of sp³-hybridized carbons (Fsp3) is 0.412. The molecule has 2 heterocycles. The summed E-state index contributed by atoms with van der Waals surface area (Å²) in [6.45, 7) is 1.89. The van der Waals surface area contributed by atoms with Crippen LogP contribution < -0.4 is 16.4 Å². The lowest BCUT2D eigenvalue weighted by molar-refractivity contribution is 0.122. The average Bonchev–Trinajstić information content (AvgIpc) is 3.07. The standard InChI is InChI=1S/C17H19Cl2N5S.2H2S/c18-10-2-1-3-11(14(10)19)25-16-15(21)23-13(8-22-16)24-7-6-17(9-24)5-4-12(17)20;;/h1-3,8,12H,4-7,9,20H2,(H2,21,23);2*1H2/t12-,17-;;/m0../s1. The monoisotopic (exact) mass is 463 g/mol. The largest absolute Gasteiger partial charge is 0.381 e. The minimum Gasteiger partial charge on any atom is -0.381 e. The molecular formula is C17H23Cl2N5S3. The zero-order valence-corrected chi connectivity index (χ0v) is 18.9. The first-order valence-electron chi connectivity index (χ1n) is 8.23. The van der Waals surface area contributed by atoms with Crippen LogP contribution in [0.4, 0.5) is 11.6 Å². The number of nitrogen functional groups attached to an aromatic ring is 1. The summed E-state index contributed by atoms with van der Waals surface area (Å²) in [5, 5.41) is 1.64. The van der Waals surface area contributed by atoms with Gasteiger partial charge in [0, 0.05) is 29.4 Å². The molecule has 1 spiro atoms. The van der Waals surface area contributed by atoms with Crippen LogP contribution >= 0.6 is 62.0 Å². The predicted molar refractivity (Wildman–Crippen MR) is 124 cm³/mol. The van der Waals surface area contributed by atoms with Gasteiger partial charge in [0.25, 0.3) is 0 Å². The molecule has 0 amide bonds. The molecule has 0 unspecified atom stereocenters. The van der Waals surface area contributed by atoms with Gasteiger partial charge in [0.2, 0.25) is 0 Å². The van der Waals surface area contributed by atoms with Crippen molar-refractivity contribution in [1.82, 2.24) is 9.97 Å². The zero-order valence-electron chi connectivity index (χ0n) is 14.6.